The highest BCUT2D eigenvalue weighted by molar-refractivity contribution is 4.79. The highest BCUT2D eigenvalue weighted by Gasteiger charge is 2.26. The third-order valence-electron chi connectivity index (χ3n) is 5.69. The Labute approximate surface area is 127 Å². The molecule has 1 aliphatic heterocycles. The van der Waals surface area contributed by atoms with Gasteiger partial charge in [0.15, 0.2) is 0 Å². The SMILES string of the molecule is CCCCCCN1CCCC(C2CCCCCCC2)C1. The monoisotopic (exact) mass is 279 g/mol. The fourth-order valence-electron chi connectivity index (χ4n) is 4.40. The van der Waals surface area contributed by atoms with Gasteiger partial charge >= 0.3 is 0 Å². The van der Waals surface area contributed by atoms with E-state index in [-0.39, 0.29) is 0 Å². The third kappa shape index (κ3) is 5.76. The first-order valence-corrected chi connectivity index (χ1v) is 9.62. The molecule has 1 heterocycles. The number of nitrogens with zero attached hydrogens (tertiary/aromatic N) is 1. The highest BCUT2D eigenvalue weighted by atomic mass is 15.1. The van der Waals surface area contributed by atoms with Crippen LogP contribution in [0.5, 0.6) is 0 Å². The predicted molar refractivity (Wildman–Crippen MR) is 89.1 cm³/mol. The smallest absolute Gasteiger partial charge is 0.00123 e. The van der Waals surface area contributed by atoms with Gasteiger partial charge < -0.3 is 4.90 Å². The van der Waals surface area contributed by atoms with Gasteiger partial charge in [-0.1, -0.05) is 71.1 Å². The lowest BCUT2D eigenvalue weighted by molar-refractivity contribution is 0.118. The second kappa shape index (κ2) is 9.82. The number of likely N-dealkylation sites (tertiary alicyclic amines) is 1. The Hall–Kier alpha value is -0.0400. The molecule has 0 radical (unpaired) electrons. The molecule has 2 fully saturated rings. The van der Waals surface area contributed by atoms with Gasteiger partial charge in [-0.05, 0) is 44.2 Å². The Kier molecular flexibility index (Phi) is 8.02. The van der Waals surface area contributed by atoms with Crippen LogP contribution in [0, 0.1) is 11.8 Å². The minimum atomic E-state index is 1.04. The summed E-state index contributed by atoms with van der Waals surface area (Å²) in [5, 5.41) is 0. The number of piperidine rings is 1. The molecule has 2 rings (SSSR count). The van der Waals surface area contributed by atoms with E-state index >= 15 is 0 Å². The lowest BCUT2D eigenvalue weighted by atomic mass is 9.78. The molecule has 0 aromatic rings. The van der Waals surface area contributed by atoms with Gasteiger partial charge in [-0.2, -0.15) is 0 Å². The van der Waals surface area contributed by atoms with E-state index in [2.05, 4.69) is 11.8 Å². The first kappa shape index (κ1) is 16.3. The molecule has 1 nitrogen and oxygen atoms in total. The summed E-state index contributed by atoms with van der Waals surface area (Å²) in [6.07, 6.45) is 19.3. The average molecular weight is 280 g/mol. The van der Waals surface area contributed by atoms with Crippen molar-refractivity contribution in [2.45, 2.75) is 90.4 Å². The second-order valence-corrected chi connectivity index (χ2v) is 7.37. The van der Waals surface area contributed by atoms with Gasteiger partial charge in [-0.15, -0.1) is 0 Å². The van der Waals surface area contributed by atoms with Crippen LogP contribution in [0.2, 0.25) is 0 Å². The second-order valence-electron chi connectivity index (χ2n) is 7.37. The Bertz CT molecular complexity index is 230. The molecule has 1 heteroatoms. The molecule has 118 valence electrons. The molecule has 1 saturated carbocycles. The van der Waals surface area contributed by atoms with Crippen LogP contribution in [0.4, 0.5) is 0 Å². The van der Waals surface area contributed by atoms with E-state index in [0.29, 0.717) is 0 Å². The maximum absolute atomic E-state index is 2.79. The predicted octanol–water partition coefficient (Wildman–Crippen LogP) is 5.64. The van der Waals surface area contributed by atoms with Crippen molar-refractivity contribution in [3.8, 4) is 0 Å². The van der Waals surface area contributed by atoms with E-state index in [9.17, 15) is 0 Å². The van der Waals surface area contributed by atoms with E-state index in [0.717, 1.165) is 11.8 Å². The fourth-order valence-corrected chi connectivity index (χ4v) is 4.40. The molecule has 0 amide bonds. The maximum Gasteiger partial charge on any atom is 0.00123 e. The van der Waals surface area contributed by atoms with Gasteiger partial charge in [-0.25, -0.2) is 0 Å². The maximum atomic E-state index is 2.79. The minimum absolute atomic E-state index is 1.04. The van der Waals surface area contributed by atoms with Crippen molar-refractivity contribution < 1.29 is 0 Å². The Balaban J connectivity index is 1.70. The molecule has 0 spiro atoms. The molecule has 1 saturated heterocycles. The van der Waals surface area contributed by atoms with Gasteiger partial charge in [0.1, 0.15) is 0 Å². The zero-order valence-corrected chi connectivity index (χ0v) is 13.9. The van der Waals surface area contributed by atoms with E-state index in [1.54, 1.807) is 0 Å². The number of rotatable bonds is 6. The Morgan fingerprint density at radius 1 is 0.750 bits per heavy atom. The van der Waals surface area contributed by atoms with Crippen molar-refractivity contribution >= 4 is 0 Å². The normalized spacial score (nSPS) is 27.1. The van der Waals surface area contributed by atoms with Crippen molar-refractivity contribution in [3.05, 3.63) is 0 Å². The van der Waals surface area contributed by atoms with Gasteiger partial charge in [0.05, 0.1) is 0 Å². The molecule has 1 aliphatic carbocycles. The summed E-state index contributed by atoms with van der Waals surface area (Å²) in [5.41, 5.74) is 0. The van der Waals surface area contributed by atoms with Crippen LogP contribution < -0.4 is 0 Å². The van der Waals surface area contributed by atoms with Crippen molar-refractivity contribution in [2.24, 2.45) is 11.8 Å². The summed E-state index contributed by atoms with van der Waals surface area (Å²) in [5.74, 6) is 2.10. The molecule has 0 aromatic heterocycles. The summed E-state index contributed by atoms with van der Waals surface area (Å²) < 4.78 is 0. The van der Waals surface area contributed by atoms with Gasteiger partial charge in [-0.3, -0.25) is 0 Å². The van der Waals surface area contributed by atoms with Crippen molar-refractivity contribution in [2.75, 3.05) is 19.6 Å². The molecule has 0 bridgehead atoms. The quantitative estimate of drug-likeness (QED) is 0.569. The van der Waals surface area contributed by atoms with Gasteiger partial charge in [0.25, 0.3) is 0 Å². The lowest BCUT2D eigenvalue weighted by Gasteiger charge is -2.38. The molecule has 1 unspecified atom stereocenters. The molecule has 0 aromatic carbocycles. The van der Waals surface area contributed by atoms with E-state index < -0.39 is 0 Å². The minimum Gasteiger partial charge on any atom is -0.303 e. The fraction of sp³-hybridized carbons (Fsp3) is 1.00. The van der Waals surface area contributed by atoms with E-state index in [4.69, 9.17) is 0 Å². The summed E-state index contributed by atoms with van der Waals surface area (Å²) >= 11 is 0. The first-order chi connectivity index (χ1) is 9.90. The van der Waals surface area contributed by atoms with Crippen LogP contribution in [0.3, 0.4) is 0 Å². The number of hydrogen-bond acceptors (Lipinski definition) is 1. The summed E-state index contributed by atoms with van der Waals surface area (Å²) in [6.45, 7) is 6.50. The van der Waals surface area contributed by atoms with Gasteiger partial charge in [0, 0.05) is 6.54 Å². The summed E-state index contributed by atoms with van der Waals surface area (Å²) in [4.78, 5) is 2.79. The third-order valence-corrected chi connectivity index (χ3v) is 5.69. The average Bonchev–Trinajstić information content (AvgIpc) is 2.44. The molecule has 1 atom stereocenters. The van der Waals surface area contributed by atoms with E-state index in [1.807, 2.05) is 0 Å². The lowest BCUT2D eigenvalue weighted by Crippen LogP contribution is -2.39. The largest absolute Gasteiger partial charge is 0.303 e. The van der Waals surface area contributed by atoms with Crippen molar-refractivity contribution in [1.82, 2.24) is 4.90 Å². The summed E-state index contributed by atoms with van der Waals surface area (Å²) in [7, 11) is 0. The summed E-state index contributed by atoms with van der Waals surface area (Å²) in [6, 6.07) is 0. The Morgan fingerprint density at radius 3 is 2.20 bits per heavy atom. The van der Waals surface area contributed by atoms with Crippen LogP contribution in [0.15, 0.2) is 0 Å². The number of unbranched alkanes of at least 4 members (excludes halogenated alkanes) is 3. The molecular weight excluding hydrogens is 242 g/mol. The highest BCUT2D eigenvalue weighted by Crippen LogP contribution is 2.33. The first-order valence-electron chi connectivity index (χ1n) is 9.62. The standard InChI is InChI=1S/C19H37N/c1-2-3-4-10-15-20-16-11-14-19(17-20)18-12-8-6-5-7-9-13-18/h18-19H,2-17H2,1H3. The zero-order chi connectivity index (χ0) is 14.0. The topological polar surface area (TPSA) is 3.24 Å². The van der Waals surface area contributed by atoms with Crippen LogP contribution in [0.1, 0.15) is 90.4 Å². The van der Waals surface area contributed by atoms with Crippen LogP contribution in [-0.2, 0) is 0 Å². The van der Waals surface area contributed by atoms with E-state index in [1.165, 1.54) is 103 Å². The zero-order valence-electron chi connectivity index (χ0n) is 13.9. The van der Waals surface area contributed by atoms with Crippen molar-refractivity contribution in [3.63, 3.8) is 0 Å². The molecule has 2 aliphatic rings. The van der Waals surface area contributed by atoms with Crippen LogP contribution in [0.25, 0.3) is 0 Å². The molecular formula is C19H37N. The van der Waals surface area contributed by atoms with Crippen LogP contribution >= 0.6 is 0 Å². The van der Waals surface area contributed by atoms with Crippen LogP contribution in [-0.4, -0.2) is 24.5 Å². The number of hydrogen-bond donors (Lipinski definition) is 0. The van der Waals surface area contributed by atoms with Crippen molar-refractivity contribution in [1.29, 1.82) is 0 Å². The molecule has 0 N–H and O–H groups in total. The Morgan fingerprint density at radius 2 is 1.45 bits per heavy atom. The van der Waals surface area contributed by atoms with Gasteiger partial charge in [0.2, 0.25) is 0 Å². The molecule has 20 heavy (non-hydrogen) atoms.